The second-order valence-electron chi connectivity index (χ2n) is 10.1. The number of amides is 2. The molecule has 0 unspecified atom stereocenters. The Hall–Kier alpha value is -2.39. The summed E-state index contributed by atoms with van der Waals surface area (Å²) in [5, 5.41) is 2.91. The van der Waals surface area contributed by atoms with E-state index in [1.54, 1.807) is 19.1 Å². The minimum absolute atomic E-state index is 0.154. The summed E-state index contributed by atoms with van der Waals surface area (Å²) in [7, 11) is -3.76. The van der Waals surface area contributed by atoms with Gasteiger partial charge in [0, 0.05) is 16.6 Å². The summed E-state index contributed by atoms with van der Waals surface area (Å²) in [5.41, 5.74) is 1.80. The molecule has 2 amide bonds. The summed E-state index contributed by atoms with van der Waals surface area (Å²) in [6.07, 6.45) is 1.07. The van der Waals surface area contributed by atoms with Crippen LogP contribution in [0.15, 0.2) is 53.0 Å². The SMILES string of the molecule is CC(C)c1ccc(N(CC(=O)N(Cc2cccc(Br)c2)[C@H](C)C(=O)NC(C)(C)C)S(C)(=O)=O)cc1. The van der Waals surface area contributed by atoms with Crippen LogP contribution in [0.25, 0.3) is 0 Å². The molecule has 0 aliphatic carbocycles. The fourth-order valence-corrected chi connectivity index (χ4v) is 4.82. The molecule has 0 heterocycles. The maximum absolute atomic E-state index is 13.6. The second kappa shape index (κ2) is 11.6. The first-order chi connectivity index (χ1) is 16.1. The summed E-state index contributed by atoms with van der Waals surface area (Å²) < 4.78 is 27.3. The molecule has 2 rings (SSSR count). The smallest absolute Gasteiger partial charge is 0.244 e. The quantitative estimate of drug-likeness (QED) is 0.478. The highest BCUT2D eigenvalue weighted by atomic mass is 79.9. The Morgan fingerprint density at radius 3 is 2.11 bits per heavy atom. The Morgan fingerprint density at radius 1 is 1.03 bits per heavy atom. The number of hydrogen-bond donors (Lipinski definition) is 1. The van der Waals surface area contributed by atoms with Crippen LogP contribution in [0.5, 0.6) is 0 Å². The molecule has 0 aromatic heterocycles. The number of sulfonamides is 1. The zero-order chi connectivity index (χ0) is 26.6. The van der Waals surface area contributed by atoms with Gasteiger partial charge in [0.1, 0.15) is 12.6 Å². The molecule has 2 aromatic carbocycles. The Morgan fingerprint density at radius 2 is 1.63 bits per heavy atom. The normalized spacial score (nSPS) is 12.8. The highest BCUT2D eigenvalue weighted by molar-refractivity contribution is 9.10. The van der Waals surface area contributed by atoms with Crippen molar-refractivity contribution in [2.75, 3.05) is 17.1 Å². The van der Waals surface area contributed by atoms with Crippen LogP contribution in [-0.2, 0) is 26.2 Å². The molecule has 0 aliphatic heterocycles. The lowest BCUT2D eigenvalue weighted by Crippen LogP contribution is -2.54. The highest BCUT2D eigenvalue weighted by Gasteiger charge is 2.31. The number of carbonyl (C=O) groups is 2. The molecule has 1 atom stereocenters. The van der Waals surface area contributed by atoms with Gasteiger partial charge in [0.25, 0.3) is 0 Å². The predicted octanol–water partition coefficient (Wildman–Crippen LogP) is 4.67. The van der Waals surface area contributed by atoms with E-state index in [0.29, 0.717) is 11.6 Å². The van der Waals surface area contributed by atoms with Gasteiger partial charge in [-0.2, -0.15) is 0 Å². The Labute approximate surface area is 218 Å². The van der Waals surface area contributed by atoms with Crippen molar-refractivity contribution in [3.05, 3.63) is 64.1 Å². The molecule has 7 nitrogen and oxygen atoms in total. The monoisotopic (exact) mass is 565 g/mol. The third-order valence-electron chi connectivity index (χ3n) is 5.43. The number of nitrogens with one attached hydrogen (secondary N) is 1. The van der Waals surface area contributed by atoms with Crippen molar-refractivity contribution >= 4 is 43.5 Å². The van der Waals surface area contributed by atoms with Gasteiger partial charge in [-0.05, 0) is 69.0 Å². The van der Waals surface area contributed by atoms with Crippen molar-refractivity contribution in [2.24, 2.45) is 0 Å². The van der Waals surface area contributed by atoms with Crippen molar-refractivity contribution < 1.29 is 18.0 Å². The van der Waals surface area contributed by atoms with E-state index in [1.165, 1.54) is 4.90 Å². The molecule has 192 valence electrons. The summed E-state index contributed by atoms with van der Waals surface area (Å²) >= 11 is 3.44. The van der Waals surface area contributed by atoms with Crippen molar-refractivity contribution in [2.45, 2.75) is 65.6 Å². The van der Waals surface area contributed by atoms with Gasteiger partial charge in [0.2, 0.25) is 21.8 Å². The van der Waals surface area contributed by atoms with E-state index < -0.39 is 34.1 Å². The van der Waals surface area contributed by atoms with Crippen LogP contribution >= 0.6 is 15.9 Å². The zero-order valence-corrected chi connectivity index (χ0v) is 23.9. The van der Waals surface area contributed by atoms with E-state index >= 15 is 0 Å². The van der Waals surface area contributed by atoms with Gasteiger partial charge in [-0.25, -0.2) is 8.42 Å². The molecule has 0 radical (unpaired) electrons. The Kier molecular flexibility index (Phi) is 9.53. The molecule has 0 spiro atoms. The van der Waals surface area contributed by atoms with Crippen molar-refractivity contribution in [3.63, 3.8) is 0 Å². The average molecular weight is 567 g/mol. The summed E-state index contributed by atoms with van der Waals surface area (Å²) in [4.78, 5) is 28.0. The van der Waals surface area contributed by atoms with Gasteiger partial charge in [-0.15, -0.1) is 0 Å². The van der Waals surface area contributed by atoms with E-state index in [-0.39, 0.29) is 12.5 Å². The average Bonchev–Trinajstić information content (AvgIpc) is 2.73. The number of hydrogen-bond acceptors (Lipinski definition) is 4. The van der Waals surface area contributed by atoms with E-state index in [9.17, 15) is 18.0 Å². The lowest BCUT2D eigenvalue weighted by Gasteiger charge is -2.33. The summed E-state index contributed by atoms with van der Waals surface area (Å²) in [5.74, 6) is -0.492. The van der Waals surface area contributed by atoms with Crippen molar-refractivity contribution in [3.8, 4) is 0 Å². The predicted molar refractivity (Wildman–Crippen MR) is 145 cm³/mol. The minimum Gasteiger partial charge on any atom is -0.350 e. The lowest BCUT2D eigenvalue weighted by atomic mass is 10.0. The fraction of sp³-hybridized carbons (Fsp3) is 0.462. The topological polar surface area (TPSA) is 86.8 Å². The third-order valence-corrected chi connectivity index (χ3v) is 7.07. The molecule has 1 N–H and O–H groups in total. The molecule has 0 saturated heterocycles. The van der Waals surface area contributed by atoms with Gasteiger partial charge < -0.3 is 10.2 Å². The first-order valence-corrected chi connectivity index (χ1v) is 14.2. The summed E-state index contributed by atoms with van der Waals surface area (Å²) in [6, 6.07) is 13.8. The molecule has 9 heteroatoms. The van der Waals surface area contributed by atoms with Gasteiger partial charge >= 0.3 is 0 Å². The van der Waals surface area contributed by atoms with Crippen molar-refractivity contribution in [1.29, 1.82) is 0 Å². The fourth-order valence-electron chi connectivity index (χ4n) is 3.53. The molecule has 0 aliphatic rings. The van der Waals surface area contributed by atoms with Gasteiger partial charge in [0.05, 0.1) is 11.9 Å². The van der Waals surface area contributed by atoms with Crippen LogP contribution in [0.4, 0.5) is 5.69 Å². The third kappa shape index (κ3) is 8.65. The van der Waals surface area contributed by atoms with Crippen LogP contribution in [-0.4, -0.2) is 49.5 Å². The highest BCUT2D eigenvalue weighted by Crippen LogP contribution is 2.23. The molecular weight excluding hydrogens is 530 g/mol. The van der Waals surface area contributed by atoms with Crippen LogP contribution in [0.2, 0.25) is 0 Å². The van der Waals surface area contributed by atoms with Crippen LogP contribution in [0.1, 0.15) is 58.6 Å². The lowest BCUT2D eigenvalue weighted by molar-refractivity contribution is -0.140. The Bertz CT molecular complexity index is 1140. The number of benzene rings is 2. The van der Waals surface area contributed by atoms with E-state index in [1.807, 2.05) is 57.2 Å². The molecule has 0 bridgehead atoms. The number of halogens is 1. The van der Waals surface area contributed by atoms with E-state index in [0.717, 1.165) is 26.2 Å². The van der Waals surface area contributed by atoms with E-state index in [4.69, 9.17) is 0 Å². The van der Waals surface area contributed by atoms with Gasteiger partial charge in [0.15, 0.2) is 0 Å². The first-order valence-electron chi connectivity index (χ1n) is 11.5. The summed E-state index contributed by atoms with van der Waals surface area (Å²) in [6.45, 7) is 11.1. The molecule has 2 aromatic rings. The minimum atomic E-state index is -3.76. The second-order valence-corrected chi connectivity index (χ2v) is 12.9. The molecule has 35 heavy (non-hydrogen) atoms. The van der Waals surface area contributed by atoms with Crippen LogP contribution in [0, 0.1) is 0 Å². The molecule has 0 fully saturated rings. The number of carbonyl (C=O) groups excluding carboxylic acids is 2. The zero-order valence-electron chi connectivity index (χ0n) is 21.5. The number of rotatable bonds is 9. The molecular formula is C26H36BrN3O4S. The van der Waals surface area contributed by atoms with Gasteiger partial charge in [-0.1, -0.05) is 54.0 Å². The number of nitrogens with zero attached hydrogens (tertiary/aromatic N) is 2. The maximum atomic E-state index is 13.6. The van der Waals surface area contributed by atoms with Crippen LogP contribution in [0.3, 0.4) is 0 Å². The largest absolute Gasteiger partial charge is 0.350 e. The van der Waals surface area contributed by atoms with Gasteiger partial charge in [-0.3, -0.25) is 13.9 Å². The standard InChI is InChI=1S/C26H36BrN3O4S/c1-18(2)21-11-13-23(14-12-21)30(35(7,33)34)17-24(31)29(16-20-9-8-10-22(27)15-20)19(3)25(32)28-26(4,5)6/h8-15,18-19H,16-17H2,1-7H3,(H,28,32)/t19-/m1/s1. The maximum Gasteiger partial charge on any atom is 0.244 e. The number of anilines is 1. The molecule has 0 saturated carbocycles. The Balaban J connectivity index is 2.40. The van der Waals surface area contributed by atoms with Crippen LogP contribution < -0.4 is 9.62 Å². The first kappa shape index (κ1) is 28.8. The van der Waals surface area contributed by atoms with Crippen molar-refractivity contribution in [1.82, 2.24) is 10.2 Å². The van der Waals surface area contributed by atoms with E-state index in [2.05, 4.69) is 35.1 Å².